The van der Waals surface area contributed by atoms with Crippen molar-refractivity contribution in [1.82, 2.24) is 15.1 Å². The topological polar surface area (TPSA) is 69.7 Å². The summed E-state index contributed by atoms with van der Waals surface area (Å²) in [6, 6.07) is 13.3. The second-order valence-electron chi connectivity index (χ2n) is 7.78. The monoisotopic (exact) mass is 407 g/mol. The summed E-state index contributed by atoms with van der Waals surface area (Å²) < 4.78 is 0. The second kappa shape index (κ2) is 9.57. The van der Waals surface area contributed by atoms with Crippen LogP contribution in [0.5, 0.6) is 0 Å². The molecule has 0 aliphatic carbocycles. The van der Waals surface area contributed by atoms with Crippen LogP contribution in [0.15, 0.2) is 42.5 Å². The molecule has 1 heterocycles. The first-order chi connectivity index (χ1) is 14.4. The minimum absolute atomic E-state index is 0.00660. The van der Waals surface area contributed by atoms with Gasteiger partial charge in [0.05, 0.1) is 6.54 Å². The van der Waals surface area contributed by atoms with Gasteiger partial charge in [0, 0.05) is 37.3 Å². The number of hydrogen-bond acceptors (Lipinski definition) is 3. The zero-order valence-electron chi connectivity index (χ0n) is 17.9. The number of rotatable bonds is 5. The van der Waals surface area contributed by atoms with Crippen LogP contribution in [-0.2, 0) is 11.2 Å². The lowest BCUT2D eigenvalue weighted by atomic mass is 10.1. The molecule has 6 nitrogen and oxygen atoms in total. The predicted octanol–water partition coefficient (Wildman–Crippen LogP) is 2.58. The Labute approximate surface area is 177 Å². The summed E-state index contributed by atoms with van der Waals surface area (Å²) in [5.41, 5.74) is 4.45. The fourth-order valence-electron chi connectivity index (χ4n) is 3.70. The zero-order valence-corrected chi connectivity index (χ0v) is 17.9. The fourth-order valence-corrected chi connectivity index (χ4v) is 3.70. The van der Waals surface area contributed by atoms with Gasteiger partial charge in [-0.05, 0) is 50.1 Å². The largest absolute Gasteiger partial charge is 0.343 e. The van der Waals surface area contributed by atoms with Crippen molar-refractivity contribution < 1.29 is 14.4 Å². The summed E-state index contributed by atoms with van der Waals surface area (Å²) in [4.78, 5) is 41.0. The van der Waals surface area contributed by atoms with Gasteiger partial charge >= 0.3 is 0 Å². The first kappa shape index (κ1) is 21.6. The third kappa shape index (κ3) is 5.26. The van der Waals surface area contributed by atoms with Gasteiger partial charge in [0.1, 0.15) is 0 Å². The van der Waals surface area contributed by atoms with E-state index in [0.29, 0.717) is 37.3 Å². The summed E-state index contributed by atoms with van der Waals surface area (Å²) >= 11 is 0. The summed E-state index contributed by atoms with van der Waals surface area (Å²) in [6.07, 6.45) is 0.940. The Bertz CT molecular complexity index is 909. The summed E-state index contributed by atoms with van der Waals surface area (Å²) in [5, 5.41) is 2.71. The lowest BCUT2D eigenvalue weighted by molar-refractivity contribution is -0.131. The second-order valence-corrected chi connectivity index (χ2v) is 7.78. The lowest BCUT2D eigenvalue weighted by Gasteiger charge is -2.35. The molecule has 0 saturated carbocycles. The Kier molecular flexibility index (Phi) is 6.87. The van der Waals surface area contributed by atoms with Gasteiger partial charge in [-0.15, -0.1) is 0 Å². The third-order valence-electron chi connectivity index (χ3n) is 5.41. The normalized spacial score (nSPS) is 13.8. The number of carbonyl (C=O) groups excluding carboxylic acids is 3. The summed E-state index contributed by atoms with van der Waals surface area (Å²) in [6.45, 7) is 7.84. The molecule has 2 aromatic rings. The highest BCUT2D eigenvalue weighted by molar-refractivity contribution is 5.97. The molecule has 0 aromatic heterocycles. The zero-order chi connectivity index (χ0) is 21.7. The van der Waals surface area contributed by atoms with Crippen LogP contribution in [0.1, 0.15) is 44.3 Å². The standard InChI is InChI=1S/C24H29N3O3/c1-4-19-5-7-20(8-6-19)24(30)27-11-9-26(10-12-27)22(28)16-25-23(29)21-14-17(2)13-18(3)15-21/h5-8,13-15H,4,9-12,16H2,1-3H3,(H,25,29). The van der Waals surface area contributed by atoms with Crippen molar-refractivity contribution in [1.29, 1.82) is 0 Å². The molecule has 0 unspecified atom stereocenters. The minimum Gasteiger partial charge on any atom is -0.343 e. The Morgan fingerprint density at radius 2 is 1.40 bits per heavy atom. The molecule has 158 valence electrons. The first-order valence-corrected chi connectivity index (χ1v) is 10.4. The van der Waals surface area contributed by atoms with Crippen LogP contribution in [0.2, 0.25) is 0 Å². The molecule has 6 heteroatoms. The molecule has 1 saturated heterocycles. The molecule has 0 spiro atoms. The highest BCUT2D eigenvalue weighted by Crippen LogP contribution is 2.12. The SMILES string of the molecule is CCc1ccc(C(=O)N2CCN(C(=O)CNC(=O)c3cc(C)cc(C)c3)CC2)cc1. The maximum absolute atomic E-state index is 12.7. The van der Waals surface area contributed by atoms with E-state index in [4.69, 9.17) is 0 Å². The number of hydrogen-bond donors (Lipinski definition) is 1. The smallest absolute Gasteiger partial charge is 0.253 e. The van der Waals surface area contributed by atoms with Crippen molar-refractivity contribution in [3.63, 3.8) is 0 Å². The van der Waals surface area contributed by atoms with Gasteiger partial charge in [0.15, 0.2) is 0 Å². The number of nitrogens with zero attached hydrogens (tertiary/aromatic N) is 2. The van der Waals surface area contributed by atoms with E-state index in [1.165, 1.54) is 5.56 Å². The highest BCUT2D eigenvalue weighted by atomic mass is 16.2. The Hall–Kier alpha value is -3.15. The molecule has 30 heavy (non-hydrogen) atoms. The molecule has 0 bridgehead atoms. The van der Waals surface area contributed by atoms with Gasteiger partial charge in [0.2, 0.25) is 5.91 Å². The molecule has 3 rings (SSSR count). The van der Waals surface area contributed by atoms with Gasteiger partial charge in [-0.1, -0.05) is 36.2 Å². The molecule has 3 amide bonds. The molecule has 2 aromatic carbocycles. The summed E-state index contributed by atoms with van der Waals surface area (Å²) in [5.74, 6) is -0.389. The molecule has 1 N–H and O–H groups in total. The molecule has 1 aliphatic heterocycles. The number of nitrogens with one attached hydrogen (secondary N) is 1. The molecular weight excluding hydrogens is 378 g/mol. The van der Waals surface area contributed by atoms with Crippen molar-refractivity contribution in [3.8, 4) is 0 Å². The van der Waals surface area contributed by atoms with Crippen LogP contribution in [0.3, 0.4) is 0 Å². The third-order valence-corrected chi connectivity index (χ3v) is 5.41. The Balaban J connectivity index is 1.48. The van der Waals surface area contributed by atoms with E-state index in [1.807, 2.05) is 56.3 Å². The average molecular weight is 408 g/mol. The van der Waals surface area contributed by atoms with Gasteiger partial charge < -0.3 is 15.1 Å². The number of benzene rings is 2. The fraction of sp³-hybridized carbons (Fsp3) is 0.375. The minimum atomic E-state index is -0.250. The van der Waals surface area contributed by atoms with E-state index in [1.54, 1.807) is 9.80 Å². The van der Waals surface area contributed by atoms with Crippen LogP contribution < -0.4 is 5.32 Å². The average Bonchev–Trinajstić information content (AvgIpc) is 2.76. The van der Waals surface area contributed by atoms with Crippen molar-refractivity contribution in [2.75, 3.05) is 32.7 Å². The van der Waals surface area contributed by atoms with E-state index in [2.05, 4.69) is 12.2 Å². The van der Waals surface area contributed by atoms with E-state index in [0.717, 1.165) is 17.5 Å². The lowest BCUT2D eigenvalue weighted by Crippen LogP contribution is -2.52. The molecule has 0 radical (unpaired) electrons. The van der Waals surface area contributed by atoms with Gasteiger partial charge in [0.25, 0.3) is 11.8 Å². The molecule has 1 fully saturated rings. The maximum Gasteiger partial charge on any atom is 0.253 e. The Morgan fingerprint density at radius 1 is 0.833 bits per heavy atom. The van der Waals surface area contributed by atoms with E-state index < -0.39 is 0 Å². The van der Waals surface area contributed by atoms with Crippen LogP contribution >= 0.6 is 0 Å². The Morgan fingerprint density at radius 3 is 1.97 bits per heavy atom. The number of piperazine rings is 1. The quantitative estimate of drug-likeness (QED) is 0.828. The van der Waals surface area contributed by atoms with Crippen LogP contribution in [0, 0.1) is 13.8 Å². The number of aryl methyl sites for hydroxylation is 3. The first-order valence-electron chi connectivity index (χ1n) is 10.4. The van der Waals surface area contributed by atoms with E-state index >= 15 is 0 Å². The van der Waals surface area contributed by atoms with Gasteiger partial charge in [-0.2, -0.15) is 0 Å². The molecule has 1 aliphatic rings. The maximum atomic E-state index is 12.7. The van der Waals surface area contributed by atoms with Crippen LogP contribution in [0.4, 0.5) is 0 Å². The van der Waals surface area contributed by atoms with Crippen LogP contribution in [-0.4, -0.2) is 60.2 Å². The van der Waals surface area contributed by atoms with E-state index in [9.17, 15) is 14.4 Å². The van der Waals surface area contributed by atoms with Crippen molar-refractivity contribution in [2.45, 2.75) is 27.2 Å². The van der Waals surface area contributed by atoms with Crippen molar-refractivity contribution in [2.24, 2.45) is 0 Å². The predicted molar refractivity (Wildman–Crippen MR) is 117 cm³/mol. The van der Waals surface area contributed by atoms with E-state index in [-0.39, 0.29) is 24.3 Å². The van der Waals surface area contributed by atoms with Crippen molar-refractivity contribution in [3.05, 3.63) is 70.3 Å². The van der Waals surface area contributed by atoms with Gasteiger partial charge in [-0.25, -0.2) is 0 Å². The van der Waals surface area contributed by atoms with Crippen LogP contribution in [0.25, 0.3) is 0 Å². The number of amides is 3. The highest BCUT2D eigenvalue weighted by Gasteiger charge is 2.25. The number of carbonyl (C=O) groups is 3. The van der Waals surface area contributed by atoms with Gasteiger partial charge in [-0.3, -0.25) is 14.4 Å². The van der Waals surface area contributed by atoms with Crippen molar-refractivity contribution >= 4 is 17.7 Å². The molecular formula is C24H29N3O3. The molecule has 0 atom stereocenters. The summed E-state index contributed by atoms with van der Waals surface area (Å²) in [7, 11) is 0.